The molecule has 0 unspecified atom stereocenters. The molecule has 12 heteroatoms. The first kappa shape index (κ1) is 27.3. The lowest BCUT2D eigenvalue weighted by Crippen LogP contribution is -2.23. The maximum Gasteiger partial charge on any atom is 0.312 e. The van der Waals surface area contributed by atoms with Crippen LogP contribution in [0.2, 0.25) is 10.0 Å². The van der Waals surface area contributed by atoms with Gasteiger partial charge in [-0.1, -0.05) is 59.0 Å². The molecule has 0 saturated carbocycles. The predicted molar refractivity (Wildman–Crippen MR) is 152 cm³/mol. The molecule has 0 spiro atoms. The van der Waals surface area contributed by atoms with Gasteiger partial charge in [0.25, 0.3) is 5.56 Å². The van der Waals surface area contributed by atoms with Crippen LogP contribution in [0.3, 0.4) is 0 Å². The molecule has 0 N–H and O–H groups in total. The Bertz CT molecular complexity index is 1620. The van der Waals surface area contributed by atoms with E-state index < -0.39 is 4.92 Å². The van der Waals surface area contributed by atoms with Gasteiger partial charge in [-0.2, -0.15) is 9.78 Å². The minimum absolute atomic E-state index is 0.00562. The van der Waals surface area contributed by atoms with Gasteiger partial charge >= 0.3 is 5.69 Å². The van der Waals surface area contributed by atoms with Gasteiger partial charge in [-0.05, 0) is 52.3 Å². The molecular formula is C25H18Br2Cl2N4O4. The molecule has 190 valence electrons. The normalized spacial score (nSPS) is 11.5. The van der Waals surface area contributed by atoms with E-state index in [-0.39, 0.29) is 29.5 Å². The summed E-state index contributed by atoms with van der Waals surface area (Å²) in [7, 11) is 0. The number of hydrogen-bond donors (Lipinski definition) is 0. The van der Waals surface area contributed by atoms with Crippen molar-refractivity contribution < 1.29 is 9.66 Å². The predicted octanol–water partition coefficient (Wildman–Crippen LogP) is 7.72. The Hall–Kier alpha value is -2.79. The van der Waals surface area contributed by atoms with Crippen LogP contribution in [0.1, 0.15) is 36.7 Å². The van der Waals surface area contributed by atoms with E-state index in [9.17, 15) is 14.9 Å². The molecule has 37 heavy (non-hydrogen) atoms. The zero-order valence-electron chi connectivity index (χ0n) is 19.4. The molecule has 8 nitrogen and oxygen atoms in total. The zero-order valence-corrected chi connectivity index (χ0v) is 24.1. The van der Waals surface area contributed by atoms with Crippen LogP contribution < -0.4 is 10.3 Å². The first-order chi connectivity index (χ1) is 17.5. The highest BCUT2D eigenvalue weighted by atomic mass is 79.9. The Kier molecular flexibility index (Phi) is 8.33. The number of aromatic nitrogens is 2. The molecule has 4 aromatic rings. The Morgan fingerprint density at radius 2 is 1.92 bits per heavy atom. The molecule has 1 heterocycles. The standard InChI is InChI=1S/C25H18Br2Cl2N4O4/c1-13(2)24-31-21-6-4-16(26)9-18(21)25(34)32(24)30-11-14-7-19(27)23(22(8-14)33(35)36)37-12-15-3-5-17(28)10-20(15)29/h3-11,13H,12H2,1-2H3. The van der Waals surface area contributed by atoms with E-state index >= 15 is 0 Å². The van der Waals surface area contributed by atoms with Gasteiger partial charge in [-0.15, -0.1) is 0 Å². The SMILES string of the molecule is CC(C)c1nc2ccc(Br)cc2c(=O)n1N=Cc1cc(Br)c(OCc2ccc(Cl)cc2Cl)c([N+](=O)[O-])c1. The topological polar surface area (TPSA) is 99.6 Å². The molecule has 0 fully saturated rings. The van der Waals surface area contributed by atoms with Crippen molar-refractivity contribution in [3.05, 3.63) is 105 Å². The number of benzene rings is 3. The minimum Gasteiger partial charge on any atom is -0.481 e. The number of rotatable bonds is 7. The lowest BCUT2D eigenvalue weighted by Gasteiger charge is -2.12. The lowest BCUT2D eigenvalue weighted by molar-refractivity contribution is -0.386. The van der Waals surface area contributed by atoms with Crippen molar-refractivity contribution in [3.63, 3.8) is 0 Å². The van der Waals surface area contributed by atoms with Gasteiger partial charge < -0.3 is 4.74 Å². The fourth-order valence-corrected chi connectivity index (χ4v) is 4.92. The second-order valence-corrected chi connectivity index (χ2v) is 10.9. The third-order valence-electron chi connectivity index (χ3n) is 5.30. The van der Waals surface area contributed by atoms with Crippen molar-refractivity contribution in [1.82, 2.24) is 9.66 Å². The van der Waals surface area contributed by atoms with Gasteiger partial charge in [0.05, 0.1) is 26.5 Å². The van der Waals surface area contributed by atoms with Crippen LogP contribution in [-0.2, 0) is 6.61 Å². The average Bonchev–Trinajstić information content (AvgIpc) is 2.83. The van der Waals surface area contributed by atoms with Crippen molar-refractivity contribution >= 4 is 77.9 Å². The Morgan fingerprint density at radius 3 is 2.59 bits per heavy atom. The number of halogens is 4. The summed E-state index contributed by atoms with van der Waals surface area (Å²) in [6.07, 6.45) is 1.37. The summed E-state index contributed by atoms with van der Waals surface area (Å²) in [5.41, 5.74) is 0.932. The maximum absolute atomic E-state index is 13.2. The minimum atomic E-state index is -0.554. The summed E-state index contributed by atoms with van der Waals surface area (Å²) in [6, 6.07) is 13.1. The van der Waals surface area contributed by atoms with Crippen LogP contribution in [0.25, 0.3) is 10.9 Å². The fourth-order valence-electron chi connectivity index (χ4n) is 3.52. The van der Waals surface area contributed by atoms with Crippen LogP contribution >= 0.6 is 55.1 Å². The lowest BCUT2D eigenvalue weighted by atomic mass is 10.2. The third-order valence-corrected chi connectivity index (χ3v) is 6.97. The number of nitrogens with zero attached hydrogens (tertiary/aromatic N) is 4. The molecule has 1 aromatic heterocycles. The van der Waals surface area contributed by atoms with Crippen molar-refractivity contribution in [3.8, 4) is 5.75 Å². The van der Waals surface area contributed by atoms with E-state index in [4.69, 9.17) is 27.9 Å². The van der Waals surface area contributed by atoms with E-state index in [1.54, 1.807) is 36.4 Å². The van der Waals surface area contributed by atoms with E-state index in [0.717, 1.165) is 4.47 Å². The van der Waals surface area contributed by atoms with Crippen LogP contribution in [0.15, 0.2) is 67.4 Å². The van der Waals surface area contributed by atoms with Crippen molar-refractivity contribution in [2.75, 3.05) is 0 Å². The number of hydrogen-bond acceptors (Lipinski definition) is 6. The maximum atomic E-state index is 13.2. The van der Waals surface area contributed by atoms with E-state index in [1.807, 2.05) is 19.9 Å². The van der Waals surface area contributed by atoms with Crippen LogP contribution in [0, 0.1) is 10.1 Å². The summed E-state index contributed by atoms with van der Waals surface area (Å²) in [5, 5.41) is 17.4. The molecule has 0 aliphatic rings. The molecule has 0 aliphatic heterocycles. The monoisotopic (exact) mass is 666 g/mol. The van der Waals surface area contributed by atoms with Crippen molar-refractivity contribution in [1.29, 1.82) is 0 Å². The summed E-state index contributed by atoms with van der Waals surface area (Å²) in [5.74, 6) is 0.393. The quantitative estimate of drug-likeness (QED) is 0.114. The molecule has 0 atom stereocenters. The van der Waals surface area contributed by atoms with Crippen LogP contribution in [0.4, 0.5) is 5.69 Å². The first-order valence-electron chi connectivity index (χ1n) is 10.9. The molecule has 0 aliphatic carbocycles. The first-order valence-corrected chi connectivity index (χ1v) is 13.2. The molecule has 0 amide bonds. The molecule has 3 aromatic carbocycles. The highest BCUT2D eigenvalue weighted by Gasteiger charge is 2.21. The molecule has 0 bridgehead atoms. The van der Waals surface area contributed by atoms with E-state index in [0.29, 0.717) is 42.4 Å². The summed E-state index contributed by atoms with van der Waals surface area (Å²) in [6.45, 7) is 3.80. The van der Waals surface area contributed by atoms with Gasteiger partial charge in [0.2, 0.25) is 5.75 Å². The third kappa shape index (κ3) is 6.04. The number of fused-ring (bicyclic) bond motifs is 1. The smallest absolute Gasteiger partial charge is 0.312 e. The van der Waals surface area contributed by atoms with Crippen LogP contribution in [0.5, 0.6) is 5.75 Å². The Labute approximate surface area is 238 Å². The number of ether oxygens (including phenoxy) is 1. The average molecular weight is 669 g/mol. The highest BCUT2D eigenvalue weighted by Crippen LogP contribution is 2.37. The molecule has 0 saturated heterocycles. The van der Waals surface area contributed by atoms with Gasteiger partial charge in [-0.25, -0.2) is 4.98 Å². The van der Waals surface area contributed by atoms with E-state index in [1.165, 1.54) is 17.0 Å². The van der Waals surface area contributed by atoms with Gasteiger partial charge in [0.1, 0.15) is 12.4 Å². The summed E-state index contributed by atoms with van der Waals surface area (Å²) in [4.78, 5) is 29.1. The van der Waals surface area contributed by atoms with Gasteiger partial charge in [0, 0.05) is 37.6 Å². The summed E-state index contributed by atoms with van der Waals surface area (Å²) < 4.78 is 8.04. The molecule has 4 rings (SSSR count). The Balaban J connectivity index is 1.72. The van der Waals surface area contributed by atoms with Crippen LogP contribution in [-0.4, -0.2) is 20.8 Å². The van der Waals surface area contributed by atoms with E-state index in [2.05, 4.69) is 41.9 Å². The number of nitro benzene ring substituents is 1. The van der Waals surface area contributed by atoms with Crippen molar-refractivity contribution in [2.45, 2.75) is 26.4 Å². The molecular weight excluding hydrogens is 651 g/mol. The van der Waals surface area contributed by atoms with Crippen molar-refractivity contribution in [2.24, 2.45) is 5.10 Å². The molecule has 0 radical (unpaired) electrons. The second-order valence-electron chi connectivity index (χ2n) is 8.28. The fraction of sp³-hybridized carbons (Fsp3) is 0.160. The van der Waals surface area contributed by atoms with Gasteiger partial charge in [-0.3, -0.25) is 14.9 Å². The Morgan fingerprint density at radius 1 is 1.16 bits per heavy atom. The summed E-state index contributed by atoms with van der Waals surface area (Å²) >= 11 is 18.9. The highest BCUT2D eigenvalue weighted by molar-refractivity contribution is 9.10. The number of nitro groups is 1. The second kappa shape index (κ2) is 11.3. The largest absolute Gasteiger partial charge is 0.481 e. The van der Waals surface area contributed by atoms with Gasteiger partial charge in [0.15, 0.2) is 0 Å². The zero-order chi connectivity index (χ0) is 26.9.